The average Bonchev–Trinajstić information content (AvgIpc) is 2.75. The van der Waals surface area contributed by atoms with Crippen molar-refractivity contribution in [2.75, 3.05) is 73.0 Å². The van der Waals surface area contributed by atoms with Crippen molar-refractivity contribution in [3.63, 3.8) is 0 Å². The van der Waals surface area contributed by atoms with Gasteiger partial charge in [0, 0.05) is 39.1 Å². The van der Waals surface area contributed by atoms with Gasteiger partial charge in [0.25, 0.3) is 0 Å². The van der Waals surface area contributed by atoms with Crippen molar-refractivity contribution < 1.29 is 28.5 Å². The minimum absolute atomic E-state index is 0.0892. The first-order chi connectivity index (χ1) is 14.6. The third-order valence-electron chi connectivity index (χ3n) is 4.36. The number of likely N-dealkylation sites (N-methyl/N-ethyl adjacent to an activating group) is 1. The molecule has 0 amide bonds. The Hall–Kier alpha value is -1.38. The number of hydrogen-bond acceptors (Lipinski definition) is 7. The first kappa shape index (κ1) is 28.6. The lowest BCUT2D eigenvalue weighted by molar-refractivity contribution is -0.115. The zero-order valence-electron chi connectivity index (χ0n) is 18.8. The lowest BCUT2D eigenvalue weighted by atomic mass is 10.2. The van der Waals surface area contributed by atoms with Crippen LogP contribution in [0, 0.1) is 0 Å². The van der Waals surface area contributed by atoms with E-state index >= 15 is 0 Å². The Morgan fingerprint density at radius 1 is 0.633 bits per heavy atom. The number of nitrogens with zero attached hydrogens (tertiary/aromatic N) is 1. The molecule has 0 N–H and O–H groups in total. The van der Waals surface area contributed by atoms with Crippen LogP contribution in [0.15, 0.2) is 25.3 Å². The predicted molar refractivity (Wildman–Crippen MR) is 119 cm³/mol. The highest BCUT2D eigenvalue weighted by Crippen LogP contribution is 1.98. The Balaban J connectivity index is 3.22. The van der Waals surface area contributed by atoms with E-state index in [2.05, 4.69) is 18.1 Å². The molecule has 0 bridgehead atoms. The fourth-order valence-corrected chi connectivity index (χ4v) is 2.41. The maximum absolute atomic E-state index is 11.0. The minimum Gasteiger partial charge on any atom is -0.379 e. The summed E-state index contributed by atoms with van der Waals surface area (Å²) < 4.78 is 22.1. The van der Waals surface area contributed by atoms with Crippen molar-refractivity contribution in [3.05, 3.63) is 25.3 Å². The second-order valence-corrected chi connectivity index (χ2v) is 7.01. The molecule has 0 aliphatic rings. The van der Waals surface area contributed by atoms with Gasteiger partial charge >= 0.3 is 0 Å². The van der Waals surface area contributed by atoms with Gasteiger partial charge in [0.15, 0.2) is 11.6 Å². The molecule has 0 aromatic rings. The summed E-state index contributed by atoms with van der Waals surface area (Å²) in [6.07, 6.45) is 7.26. The van der Waals surface area contributed by atoms with E-state index in [9.17, 15) is 9.59 Å². The van der Waals surface area contributed by atoms with E-state index in [0.717, 1.165) is 38.8 Å². The summed E-state index contributed by atoms with van der Waals surface area (Å²) in [4.78, 5) is 24.3. The Kier molecular flexibility index (Phi) is 21.3. The number of ketones is 2. The molecule has 0 atom stereocenters. The molecule has 174 valence electrons. The molecule has 0 unspecified atom stereocenters. The average molecular weight is 428 g/mol. The van der Waals surface area contributed by atoms with Gasteiger partial charge in [-0.2, -0.15) is 0 Å². The minimum atomic E-state index is 0.0892. The van der Waals surface area contributed by atoms with Gasteiger partial charge in [0.05, 0.1) is 39.6 Å². The van der Waals surface area contributed by atoms with Crippen molar-refractivity contribution in [1.29, 1.82) is 0 Å². The second-order valence-electron chi connectivity index (χ2n) is 7.01. The van der Waals surface area contributed by atoms with E-state index in [0.29, 0.717) is 65.7 Å². The Morgan fingerprint density at radius 3 is 1.37 bits per heavy atom. The van der Waals surface area contributed by atoms with Crippen LogP contribution in [0.25, 0.3) is 0 Å². The van der Waals surface area contributed by atoms with Gasteiger partial charge in [-0.05, 0) is 44.9 Å². The van der Waals surface area contributed by atoms with Gasteiger partial charge in [0.2, 0.25) is 0 Å². The maximum Gasteiger partial charge on any atom is 0.155 e. The van der Waals surface area contributed by atoms with Crippen LogP contribution in [0.5, 0.6) is 0 Å². The van der Waals surface area contributed by atoms with E-state index in [1.165, 1.54) is 12.2 Å². The molecule has 0 aliphatic carbocycles. The molecule has 7 nitrogen and oxygen atoms in total. The van der Waals surface area contributed by atoms with Gasteiger partial charge in [-0.15, -0.1) is 0 Å². The molecule has 0 spiro atoms. The van der Waals surface area contributed by atoms with Crippen LogP contribution >= 0.6 is 0 Å². The summed E-state index contributed by atoms with van der Waals surface area (Å²) in [7, 11) is 2.04. The van der Waals surface area contributed by atoms with Gasteiger partial charge in [-0.3, -0.25) is 9.59 Å². The van der Waals surface area contributed by atoms with Crippen LogP contribution in [0.2, 0.25) is 0 Å². The Morgan fingerprint density at radius 2 is 1.00 bits per heavy atom. The number of ether oxygens (including phenoxy) is 4. The second kappa shape index (κ2) is 22.3. The van der Waals surface area contributed by atoms with Crippen LogP contribution in [-0.2, 0) is 28.5 Å². The molecule has 0 aromatic heterocycles. The lowest BCUT2D eigenvalue weighted by Gasteiger charge is -2.16. The molecular weight excluding hydrogens is 386 g/mol. The molecule has 0 heterocycles. The smallest absolute Gasteiger partial charge is 0.155 e. The summed E-state index contributed by atoms with van der Waals surface area (Å²) in [5.74, 6) is 0.178. The highest BCUT2D eigenvalue weighted by molar-refractivity contribution is 5.89. The molecule has 0 saturated heterocycles. The third-order valence-corrected chi connectivity index (χ3v) is 4.36. The normalized spacial score (nSPS) is 11.0. The topological polar surface area (TPSA) is 74.3 Å². The highest BCUT2D eigenvalue weighted by Gasteiger charge is 2.00. The number of hydrogen-bond donors (Lipinski definition) is 0. The molecule has 0 aliphatic heterocycles. The van der Waals surface area contributed by atoms with Gasteiger partial charge in [-0.1, -0.05) is 13.2 Å². The summed E-state index contributed by atoms with van der Waals surface area (Å²) in [6, 6.07) is 0. The van der Waals surface area contributed by atoms with Crippen molar-refractivity contribution in [2.45, 2.75) is 38.5 Å². The van der Waals surface area contributed by atoms with E-state index in [1.54, 1.807) is 0 Å². The number of allylic oxidation sites excluding steroid dienone is 2. The van der Waals surface area contributed by atoms with E-state index in [1.807, 2.05) is 7.05 Å². The summed E-state index contributed by atoms with van der Waals surface area (Å²) in [5.41, 5.74) is 0. The quantitative estimate of drug-likeness (QED) is 0.173. The van der Waals surface area contributed by atoms with Crippen molar-refractivity contribution in [2.24, 2.45) is 0 Å². The maximum atomic E-state index is 11.0. The van der Waals surface area contributed by atoms with Crippen LogP contribution in [0.4, 0.5) is 0 Å². The SMILES string of the molecule is C=CC(=O)CCCCOCCOCCN(C)CCOCCOCCCCC(=O)C=C. The molecule has 7 heteroatoms. The van der Waals surface area contributed by atoms with Gasteiger partial charge < -0.3 is 23.8 Å². The Labute approximate surface area is 182 Å². The fraction of sp³-hybridized carbons (Fsp3) is 0.739. The highest BCUT2D eigenvalue weighted by atomic mass is 16.5. The standard InChI is InChI=1S/C23H41NO6/c1-4-22(25)10-6-8-14-27-18-20-29-16-12-24(3)13-17-30-21-19-28-15-9-7-11-23(26)5-2/h4-5H,1-2,6-21H2,3H3. The molecule has 0 rings (SSSR count). The lowest BCUT2D eigenvalue weighted by Crippen LogP contribution is -2.27. The van der Waals surface area contributed by atoms with Gasteiger partial charge in [-0.25, -0.2) is 0 Å². The zero-order valence-corrected chi connectivity index (χ0v) is 18.8. The number of unbranched alkanes of at least 4 members (excludes halogenated alkanes) is 2. The van der Waals surface area contributed by atoms with Crippen LogP contribution in [0.1, 0.15) is 38.5 Å². The summed E-state index contributed by atoms with van der Waals surface area (Å²) >= 11 is 0. The third kappa shape index (κ3) is 21.3. The predicted octanol–water partition coefficient (Wildman–Crippen LogP) is 2.84. The van der Waals surface area contributed by atoms with E-state index in [4.69, 9.17) is 18.9 Å². The number of carbonyl (C=O) groups is 2. The zero-order chi connectivity index (χ0) is 22.3. The van der Waals surface area contributed by atoms with Gasteiger partial charge in [0.1, 0.15) is 0 Å². The monoisotopic (exact) mass is 427 g/mol. The summed E-state index contributed by atoms with van der Waals surface area (Å²) in [5, 5.41) is 0. The van der Waals surface area contributed by atoms with Crippen molar-refractivity contribution in [3.8, 4) is 0 Å². The molecule has 30 heavy (non-hydrogen) atoms. The number of rotatable bonds is 24. The molecule has 0 saturated carbocycles. The largest absolute Gasteiger partial charge is 0.379 e. The first-order valence-electron chi connectivity index (χ1n) is 10.9. The van der Waals surface area contributed by atoms with E-state index < -0.39 is 0 Å². The molecule has 0 aromatic carbocycles. The van der Waals surface area contributed by atoms with E-state index in [-0.39, 0.29) is 11.6 Å². The fourth-order valence-electron chi connectivity index (χ4n) is 2.41. The number of carbonyl (C=O) groups excluding carboxylic acids is 2. The van der Waals surface area contributed by atoms with Crippen molar-refractivity contribution in [1.82, 2.24) is 4.90 Å². The van der Waals surface area contributed by atoms with Crippen molar-refractivity contribution >= 4 is 11.6 Å². The first-order valence-corrected chi connectivity index (χ1v) is 10.9. The van der Waals surface area contributed by atoms with Crippen LogP contribution in [0.3, 0.4) is 0 Å². The molecule has 0 fully saturated rings. The Bertz CT molecular complexity index is 415. The van der Waals surface area contributed by atoms with Crippen LogP contribution in [-0.4, -0.2) is 89.5 Å². The van der Waals surface area contributed by atoms with Crippen LogP contribution < -0.4 is 0 Å². The molecular formula is C23H41NO6. The molecule has 0 radical (unpaired) electrons. The summed E-state index contributed by atoms with van der Waals surface area (Å²) in [6.45, 7) is 13.5.